The molecule has 0 saturated heterocycles. The fourth-order valence-corrected chi connectivity index (χ4v) is 3.45. The topological polar surface area (TPSA) is 107 Å². The Hall–Kier alpha value is -4.28. The Morgan fingerprint density at radius 1 is 1.00 bits per heavy atom. The fraction of sp³-hybridized carbons (Fsp3) is 0.154. The molecule has 2 N–H and O–H groups in total. The average molecular weight is 524 g/mol. The first-order valence-corrected chi connectivity index (χ1v) is 11.6. The van der Waals surface area contributed by atoms with E-state index in [-0.39, 0.29) is 25.6 Å². The highest BCUT2D eigenvalue weighted by atomic mass is 35.5. The van der Waals surface area contributed by atoms with Crippen molar-refractivity contribution >= 4 is 29.1 Å². The third-order valence-electron chi connectivity index (χ3n) is 5.10. The van der Waals surface area contributed by atoms with Gasteiger partial charge in [-0.15, -0.1) is 0 Å². The van der Waals surface area contributed by atoms with E-state index < -0.39 is 17.9 Å². The first-order valence-electron chi connectivity index (χ1n) is 11.2. The number of hydrogen-bond acceptors (Lipinski definition) is 6. The molecule has 0 aliphatic heterocycles. The summed E-state index contributed by atoms with van der Waals surface area (Å²) in [5.41, 5.74) is 1.24. The van der Waals surface area contributed by atoms with Gasteiger partial charge in [0.05, 0.1) is 13.2 Å². The number of nitrogens with zero attached hydrogens (tertiary/aromatic N) is 3. The van der Waals surface area contributed by atoms with E-state index in [0.717, 1.165) is 5.56 Å². The second-order valence-electron chi connectivity index (χ2n) is 7.89. The van der Waals surface area contributed by atoms with Gasteiger partial charge < -0.3 is 20.1 Å². The zero-order valence-electron chi connectivity index (χ0n) is 19.5. The van der Waals surface area contributed by atoms with E-state index in [4.69, 9.17) is 21.1 Å². The van der Waals surface area contributed by atoms with Crippen LogP contribution in [0.3, 0.4) is 0 Å². The van der Waals surface area contributed by atoms with Gasteiger partial charge in [-0.25, -0.2) is 14.1 Å². The zero-order chi connectivity index (χ0) is 26.0. The lowest BCUT2D eigenvalue weighted by Crippen LogP contribution is -2.47. The molecule has 3 aromatic carbocycles. The van der Waals surface area contributed by atoms with Crippen LogP contribution in [0.15, 0.2) is 85.5 Å². The monoisotopic (exact) mass is 523 g/mol. The van der Waals surface area contributed by atoms with E-state index >= 15 is 0 Å². The van der Waals surface area contributed by atoms with Crippen LogP contribution in [-0.2, 0) is 27.5 Å². The van der Waals surface area contributed by atoms with Crippen molar-refractivity contribution in [2.24, 2.45) is 0 Å². The molecule has 1 atom stereocenters. The van der Waals surface area contributed by atoms with Crippen LogP contribution in [0.25, 0.3) is 0 Å². The lowest BCUT2D eigenvalue weighted by molar-refractivity contribution is -0.128. The lowest BCUT2D eigenvalue weighted by Gasteiger charge is -2.19. The summed E-state index contributed by atoms with van der Waals surface area (Å²) in [4.78, 5) is 29.3. The number of carbonyl (C=O) groups is 2. The minimum absolute atomic E-state index is 0.0914. The number of halogens is 2. The molecule has 1 heterocycles. The second kappa shape index (κ2) is 12.6. The third kappa shape index (κ3) is 7.86. The number of carbonyl (C=O) groups excluding carboxylic acids is 2. The number of aromatic nitrogens is 3. The van der Waals surface area contributed by atoms with Gasteiger partial charge in [0.15, 0.2) is 0 Å². The Morgan fingerprint density at radius 3 is 2.38 bits per heavy atom. The van der Waals surface area contributed by atoms with E-state index in [1.54, 1.807) is 30.3 Å². The van der Waals surface area contributed by atoms with Crippen LogP contribution in [0.1, 0.15) is 5.56 Å². The Bertz CT molecular complexity index is 1320. The molecule has 190 valence electrons. The highest BCUT2D eigenvalue weighted by molar-refractivity contribution is 6.31. The molecular formula is C26H23ClFN5O4. The lowest BCUT2D eigenvalue weighted by atomic mass is 10.2. The van der Waals surface area contributed by atoms with Gasteiger partial charge in [0.1, 0.15) is 42.6 Å². The summed E-state index contributed by atoms with van der Waals surface area (Å²) in [5, 5.41) is 9.88. The molecular weight excluding hydrogens is 501 g/mol. The van der Waals surface area contributed by atoms with Crippen molar-refractivity contribution in [1.29, 1.82) is 0 Å². The summed E-state index contributed by atoms with van der Waals surface area (Å²) >= 11 is 6.17. The van der Waals surface area contributed by atoms with E-state index in [0.29, 0.717) is 22.2 Å². The first-order chi connectivity index (χ1) is 18.0. The summed E-state index contributed by atoms with van der Waals surface area (Å²) in [6.07, 6.45) is 2.71. The zero-order valence-corrected chi connectivity index (χ0v) is 20.3. The number of ether oxygens (including phenoxy) is 2. The quantitative estimate of drug-likeness (QED) is 0.305. The Labute approximate surface area is 217 Å². The summed E-state index contributed by atoms with van der Waals surface area (Å²) < 4.78 is 25.8. The van der Waals surface area contributed by atoms with Crippen LogP contribution >= 0.6 is 11.6 Å². The number of benzene rings is 3. The fourth-order valence-electron chi connectivity index (χ4n) is 3.26. The predicted molar refractivity (Wildman–Crippen MR) is 135 cm³/mol. The summed E-state index contributed by atoms with van der Waals surface area (Å²) in [7, 11) is 0. The van der Waals surface area contributed by atoms with Crippen LogP contribution in [0, 0.1) is 5.82 Å². The maximum atomic E-state index is 13.1. The molecule has 0 aliphatic rings. The normalized spacial score (nSPS) is 11.5. The van der Waals surface area contributed by atoms with Gasteiger partial charge in [-0.1, -0.05) is 29.8 Å². The molecule has 9 nitrogen and oxygen atoms in total. The number of rotatable bonds is 11. The van der Waals surface area contributed by atoms with Crippen molar-refractivity contribution in [2.45, 2.75) is 19.2 Å². The molecule has 0 spiro atoms. The van der Waals surface area contributed by atoms with Crippen LogP contribution in [0.2, 0.25) is 5.02 Å². The van der Waals surface area contributed by atoms with Crippen LogP contribution in [0.5, 0.6) is 11.5 Å². The van der Waals surface area contributed by atoms with E-state index in [1.807, 2.05) is 18.2 Å². The van der Waals surface area contributed by atoms with E-state index in [1.165, 1.54) is 41.6 Å². The predicted octanol–water partition coefficient (Wildman–Crippen LogP) is 4.20. The van der Waals surface area contributed by atoms with Crippen LogP contribution in [0.4, 0.5) is 10.1 Å². The molecule has 4 aromatic rings. The maximum Gasteiger partial charge on any atom is 0.249 e. The van der Waals surface area contributed by atoms with Gasteiger partial charge in [0, 0.05) is 10.7 Å². The molecule has 0 bridgehead atoms. The summed E-state index contributed by atoms with van der Waals surface area (Å²) in [5.74, 6) is -0.285. The van der Waals surface area contributed by atoms with Crippen molar-refractivity contribution in [3.63, 3.8) is 0 Å². The van der Waals surface area contributed by atoms with Gasteiger partial charge >= 0.3 is 0 Å². The number of amides is 2. The summed E-state index contributed by atoms with van der Waals surface area (Å²) in [6, 6.07) is 18.4. The molecule has 0 fully saturated rings. The highest BCUT2D eigenvalue weighted by Crippen LogP contribution is 2.23. The van der Waals surface area contributed by atoms with Gasteiger partial charge in [-0.05, 0) is 60.2 Å². The van der Waals surface area contributed by atoms with Crippen LogP contribution in [-0.4, -0.2) is 39.2 Å². The SMILES string of the molecule is O=C(Cn1cncn1)NC(COCc1ccccc1Cl)C(=O)Nc1ccc(Oc2ccc(F)cc2)cc1. The van der Waals surface area contributed by atoms with Gasteiger partial charge in [-0.3, -0.25) is 9.59 Å². The van der Waals surface area contributed by atoms with Crippen molar-refractivity contribution in [3.05, 3.63) is 102 Å². The summed E-state index contributed by atoms with van der Waals surface area (Å²) in [6.45, 7) is -0.0343. The molecule has 37 heavy (non-hydrogen) atoms. The van der Waals surface area contributed by atoms with Gasteiger partial charge in [-0.2, -0.15) is 5.10 Å². The Kier molecular flexibility index (Phi) is 8.79. The highest BCUT2D eigenvalue weighted by Gasteiger charge is 2.22. The third-order valence-corrected chi connectivity index (χ3v) is 5.46. The van der Waals surface area contributed by atoms with E-state index in [2.05, 4.69) is 20.7 Å². The standard InChI is InChI=1S/C26H23ClFN5O4/c27-23-4-2-1-3-18(23)14-36-15-24(32-25(34)13-33-17-29-16-30-33)26(35)31-20-7-11-22(12-8-20)37-21-9-5-19(28)6-10-21/h1-12,16-17,24H,13-15H2,(H,31,35)(H,32,34). The molecule has 0 saturated carbocycles. The second-order valence-corrected chi connectivity index (χ2v) is 8.30. The number of nitrogens with one attached hydrogen (secondary N) is 2. The van der Waals surface area contributed by atoms with Crippen molar-refractivity contribution in [1.82, 2.24) is 20.1 Å². The molecule has 4 rings (SSSR count). The molecule has 0 aliphatic carbocycles. The molecule has 1 aromatic heterocycles. The minimum Gasteiger partial charge on any atom is -0.457 e. The maximum absolute atomic E-state index is 13.1. The van der Waals surface area contributed by atoms with E-state index in [9.17, 15) is 14.0 Å². The first kappa shape index (κ1) is 25.8. The molecule has 1 unspecified atom stereocenters. The van der Waals surface area contributed by atoms with Crippen molar-refractivity contribution < 1.29 is 23.5 Å². The van der Waals surface area contributed by atoms with Gasteiger partial charge in [0.2, 0.25) is 11.8 Å². The number of anilines is 1. The average Bonchev–Trinajstić information content (AvgIpc) is 3.40. The smallest absolute Gasteiger partial charge is 0.249 e. The van der Waals surface area contributed by atoms with Crippen molar-refractivity contribution in [3.8, 4) is 11.5 Å². The Morgan fingerprint density at radius 2 is 1.70 bits per heavy atom. The Balaban J connectivity index is 1.38. The largest absolute Gasteiger partial charge is 0.457 e. The molecule has 2 amide bonds. The minimum atomic E-state index is -0.992. The molecule has 11 heteroatoms. The van der Waals surface area contributed by atoms with Crippen molar-refractivity contribution in [2.75, 3.05) is 11.9 Å². The number of hydrogen-bond donors (Lipinski definition) is 2. The molecule has 0 radical (unpaired) electrons. The van der Waals surface area contributed by atoms with Gasteiger partial charge in [0.25, 0.3) is 0 Å². The van der Waals surface area contributed by atoms with Crippen LogP contribution < -0.4 is 15.4 Å².